The Morgan fingerprint density at radius 3 is 2.66 bits per heavy atom. The Bertz CT molecular complexity index is 1260. The van der Waals surface area contributed by atoms with Gasteiger partial charge in [0.1, 0.15) is 6.10 Å². The fraction of sp³-hybridized carbons (Fsp3) is 0.464. The second-order valence-corrected chi connectivity index (χ2v) is 10.7. The van der Waals surface area contributed by atoms with Gasteiger partial charge in [-0.1, -0.05) is 35.7 Å². The minimum absolute atomic E-state index is 0.240. The number of nitrogens with zero attached hydrogens (tertiary/aromatic N) is 4. The molecule has 0 aliphatic carbocycles. The summed E-state index contributed by atoms with van der Waals surface area (Å²) in [5, 5.41) is 5.73. The maximum Gasteiger partial charge on any atom is 0.222 e. The second-order valence-electron chi connectivity index (χ2n) is 9.88. The zero-order valence-electron chi connectivity index (χ0n) is 22.0. The van der Waals surface area contributed by atoms with E-state index >= 15 is 0 Å². The third-order valence-electron chi connectivity index (χ3n) is 7.13. The van der Waals surface area contributed by atoms with Gasteiger partial charge in [-0.25, -0.2) is 4.98 Å². The van der Waals surface area contributed by atoms with Crippen LogP contribution in [0.1, 0.15) is 68.7 Å². The van der Waals surface area contributed by atoms with E-state index in [1.807, 2.05) is 54.0 Å². The first-order chi connectivity index (χ1) is 18.3. The maximum atomic E-state index is 12.5. The third kappa shape index (κ3) is 6.60. The number of nitrogens with two attached hydrogens (primary N) is 2. The summed E-state index contributed by atoms with van der Waals surface area (Å²) in [6, 6.07) is 5.80. The maximum absolute atomic E-state index is 12.5. The number of pyridine rings is 1. The van der Waals surface area contributed by atoms with Crippen LogP contribution in [0.25, 0.3) is 11.1 Å². The fourth-order valence-electron chi connectivity index (χ4n) is 4.83. The van der Waals surface area contributed by atoms with Gasteiger partial charge in [0.05, 0.1) is 17.3 Å². The van der Waals surface area contributed by atoms with Crippen LogP contribution in [0.2, 0.25) is 10.0 Å². The number of piperidine rings is 1. The first kappa shape index (κ1) is 28.2. The molecule has 2 aromatic heterocycles. The van der Waals surface area contributed by atoms with Crippen molar-refractivity contribution in [1.82, 2.24) is 19.7 Å². The van der Waals surface area contributed by atoms with E-state index < -0.39 is 6.10 Å². The minimum atomic E-state index is -0.425. The van der Waals surface area contributed by atoms with Crippen molar-refractivity contribution >= 4 is 34.9 Å². The number of hydrogen-bond acceptors (Lipinski definition) is 6. The Hall–Kier alpha value is -2.81. The number of carbonyl (C=O) groups excluding carboxylic acids is 1. The van der Waals surface area contributed by atoms with Crippen molar-refractivity contribution in [3.63, 3.8) is 0 Å². The van der Waals surface area contributed by atoms with Gasteiger partial charge in [0.2, 0.25) is 5.91 Å². The number of halogens is 2. The number of aryl methyl sites for hydroxylation is 1. The van der Waals surface area contributed by atoms with Crippen molar-refractivity contribution in [2.75, 3.05) is 25.4 Å². The topological polar surface area (TPSA) is 112 Å². The Morgan fingerprint density at radius 1 is 1.16 bits per heavy atom. The summed E-state index contributed by atoms with van der Waals surface area (Å²) in [5.74, 6) is 0.979. The zero-order valence-corrected chi connectivity index (χ0v) is 23.5. The number of hydrogen-bond donors (Lipinski definition) is 2. The summed E-state index contributed by atoms with van der Waals surface area (Å²) in [6.07, 6.45) is 10.4. The van der Waals surface area contributed by atoms with Crippen molar-refractivity contribution in [1.29, 1.82) is 0 Å². The first-order valence-electron chi connectivity index (χ1n) is 13.2. The number of nitrogen functional groups attached to an aromatic ring is 1. The molecular formula is C28H36Cl2N6O2. The molecule has 0 unspecified atom stereocenters. The van der Waals surface area contributed by atoms with Crippen LogP contribution < -0.4 is 16.2 Å². The van der Waals surface area contributed by atoms with Crippen LogP contribution in [0.15, 0.2) is 36.8 Å². The number of amides is 1. The van der Waals surface area contributed by atoms with Crippen LogP contribution in [-0.2, 0) is 4.79 Å². The number of likely N-dealkylation sites (tertiary alicyclic amines) is 1. The predicted molar refractivity (Wildman–Crippen MR) is 152 cm³/mol. The molecule has 38 heavy (non-hydrogen) atoms. The Balaban J connectivity index is 1.40. The average Bonchev–Trinajstić information content (AvgIpc) is 3.41. The molecular weight excluding hydrogens is 523 g/mol. The Kier molecular flexibility index (Phi) is 9.52. The number of ether oxygens (including phenoxy) is 1. The van der Waals surface area contributed by atoms with Gasteiger partial charge < -0.3 is 21.1 Å². The van der Waals surface area contributed by atoms with Crippen molar-refractivity contribution in [3.05, 3.63) is 58.0 Å². The van der Waals surface area contributed by atoms with E-state index in [-0.39, 0.29) is 17.8 Å². The molecule has 8 nitrogen and oxygen atoms in total. The highest BCUT2D eigenvalue weighted by atomic mass is 35.5. The SMILES string of the molecule is Cc1ccc(Cl)c([C@H](C)Oc2cc(-c3cnn(C4CCN(C(=O)CCCCCN)CC4)c3)cnc2N)c1Cl. The highest BCUT2D eigenvalue weighted by Crippen LogP contribution is 2.37. The van der Waals surface area contributed by atoms with Crippen molar-refractivity contribution in [2.45, 2.75) is 64.5 Å². The summed E-state index contributed by atoms with van der Waals surface area (Å²) in [4.78, 5) is 18.8. The number of aromatic nitrogens is 3. The average molecular weight is 560 g/mol. The number of carbonyl (C=O) groups is 1. The van der Waals surface area contributed by atoms with Gasteiger partial charge in [-0.05, 0) is 63.8 Å². The second kappa shape index (κ2) is 12.8. The summed E-state index contributed by atoms with van der Waals surface area (Å²) >= 11 is 12.9. The first-order valence-corrected chi connectivity index (χ1v) is 13.9. The molecule has 1 atom stereocenters. The quantitative estimate of drug-likeness (QED) is 0.296. The van der Waals surface area contributed by atoms with E-state index in [1.54, 1.807) is 6.20 Å². The molecule has 4 N–H and O–H groups in total. The van der Waals surface area contributed by atoms with Gasteiger partial charge in [-0.15, -0.1) is 0 Å². The van der Waals surface area contributed by atoms with Crippen LogP contribution in [0.4, 0.5) is 5.82 Å². The molecule has 0 saturated carbocycles. The molecule has 4 rings (SSSR count). The van der Waals surface area contributed by atoms with Crippen LogP contribution in [0, 0.1) is 6.92 Å². The summed E-state index contributed by atoms with van der Waals surface area (Å²) in [5.41, 5.74) is 15.1. The summed E-state index contributed by atoms with van der Waals surface area (Å²) in [7, 11) is 0. The lowest BCUT2D eigenvalue weighted by atomic mass is 10.0. The van der Waals surface area contributed by atoms with Gasteiger partial charge in [0.15, 0.2) is 11.6 Å². The number of anilines is 1. The zero-order chi connectivity index (χ0) is 27.2. The summed E-state index contributed by atoms with van der Waals surface area (Å²) < 4.78 is 8.17. The Labute approximate surface area is 234 Å². The molecule has 1 saturated heterocycles. The molecule has 0 spiro atoms. The number of benzene rings is 1. The highest BCUT2D eigenvalue weighted by molar-refractivity contribution is 6.36. The van der Waals surface area contributed by atoms with Gasteiger partial charge in [0.25, 0.3) is 0 Å². The van der Waals surface area contributed by atoms with Gasteiger partial charge in [0, 0.05) is 53.6 Å². The van der Waals surface area contributed by atoms with Gasteiger partial charge in [-0.2, -0.15) is 5.10 Å². The Morgan fingerprint density at radius 2 is 1.92 bits per heavy atom. The van der Waals surface area contributed by atoms with E-state index in [9.17, 15) is 4.79 Å². The van der Waals surface area contributed by atoms with Crippen molar-refractivity contribution in [3.8, 4) is 16.9 Å². The van der Waals surface area contributed by atoms with Crippen LogP contribution in [0.3, 0.4) is 0 Å². The van der Waals surface area contributed by atoms with Crippen molar-refractivity contribution < 1.29 is 9.53 Å². The molecule has 0 bridgehead atoms. The smallest absolute Gasteiger partial charge is 0.222 e. The van der Waals surface area contributed by atoms with E-state index in [2.05, 4.69) is 10.1 Å². The molecule has 0 radical (unpaired) electrons. The van der Waals surface area contributed by atoms with Gasteiger partial charge >= 0.3 is 0 Å². The summed E-state index contributed by atoms with van der Waals surface area (Å²) in [6.45, 7) is 5.99. The molecule has 1 aliphatic rings. The molecule has 3 aromatic rings. The molecule has 204 valence electrons. The van der Waals surface area contributed by atoms with E-state index in [1.165, 1.54) is 0 Å². The molecule has 1 amide bonds. The normalized spacial score (nSPS) is 15.0. The third-order valence-corrected chi connectivity index (χ3v) is 7.96. The molecule has 1 aromatic carbocycles. The molecule has 1 fully saturated rings. The van der Waals surface area contributed by atoms with Crippen molar-refractivity contribution in [2.24, 2.45) is 5.73 Å². The molecule has 1 aliphatic heterocycles. The minimum Gasteiger partial charge on any atom is -0.482 e. The molecule has 3 heterocycles. The van der Waals surface area contributed by atoms with Crippen LogP contribution in [0.5, 0.6) is 5.75 Å². The lowest BCUT2D eigenvalue weighted by molar-refractivity contribution is -0.132. The lowest BCUT2D eigenvalue weighted by Gasteiger charge is -2.32. The van der Waals surface area contributed by atoms with Gasteiger partial charge in [-0.3, -0.25) is 9.48 Å². The number of rotatable bonds is 10. The largest absolute Gasteiger partial charge is 0.482 e. The standard InChI is InChI=1S/C28H36Cl2N6O2/c1-18-7-8-23(29)26(27(18)30)19(2)38-24-14-20(15-33-28(24)32)21-16-34-36(17-21)22-9-12-35(13-10-22)25(37)6-4-3-5-11-31/h7-8,14-17,19,22H,3-6,9-13,31H2,1-2H3,(H2,32,33)/t19-/m0/s1. The fourth-order valence-corrected chi connectivity index (χ4v) is 5.51. The van der Waals surface area contributed by atoms with Crippen LogP contribution in [-0.4, -0.2) is 45.2 Å². The predicted octanol–water partition coefficient (Wildman–Crippen LogP) is 5.97. The lowest BCUT2D eigenvalue weighted by Crippen LogP contribution is -2.39. The van der Waals surface area contributed by atoms with E-state index in [0.717, 1.165) is 61.9 Å². The van der Waals surface area contributed by atoms with E-state index in [0.29, 0.717) is 34.3 Å². The molecule has 10 heteroatoms. The monoisotopic (exact) mass is 558 g/mol. The highest BCUT2D eigenvalue weighted by Gasteiger charge is 2.24. The number of unbranched alkanes of at least 4 members (excludes halogenated alkanes) is 2. The van der Waals surface area contributed by atoms with E-state index in [4.69, 9.17) is 39.4 Å². The van der Waals surface area contributed by atoms with Crippen LogP contribution >= 0.6 is 23.2 Å².